The highest BCUT2D eigenvalue weighted by Crippen LogP contribution is 2.26. The maximum absolute atomic E-state index is 12.7. The van der Waals surface area contributed by atoms with Gasteiger partial charge in [-0.2, -0.15) is 0 Å². The molecule has 4 atom stereocenters. The van der Waals surface area contributed by atoms with E-state index in [1.807, 2.05) is 12.1 Å². The van der Waals surface area contributed by atoms with Crippen molar-refractivity contribution in [2.45, 2.75) is 43.8 Å². The highest BCUT2D eigenvalue weighted by Gasteiger charge is 2.39. The van der Waals surface area contributed by atoms with Crippen molar-refractivity contribution >= 4 is 11.6 Å². The van der Waals surface area contributed by atoms with Crippen molar-refractivity contribution in [2.24, 2.45) is 0 Å². The number of likely N-dealkylation sites (tertiary alicyclic amines) is 1. The van der Waals surface area contributed by atoms with Crippen LogP contribution in [0.15, 0.2) is 54.7 Å². The first kappa shape index (κ1) is 26.3. The average molecular weight is 524 g/mol. The summed E-state index contributed by atoms with van der Waals surface area (Å²) in [5, 5.41) is 40.7. The zero-order valence-corrected chi connectivity index (χ0v) is 21.0. The van der Waals surface area contributed by atoms with Crippen molar-refractivity contribution < 1.29 is 29.6 Å². The average Bonchev–Trinajstić information content (AvgIpc) is 3.43. The highest BCUT2D eigenvalue weighted by atomic mass is 16.5. The summed E-state index contributed by atoms with van der Waals surface area (Å²) in [6, 6.07) is 14.2. The standard InChI is InChI=1S/C27H33N5O6/c33-23-17-38-27(25(35)24(23)34)32-16-22(29-30-32)18-4-8-20(9-5-18)28-26(36)19-6-10-21(11-7-19)37-15-14-31-12-2-1-3-13-31/h4-11,16,23-25,27,33-35H,1-3,12-15,17H2,(H,28,36)/t23-,24+,25-,27-/m1/s1. The number of benzene rings is 2. The molecule has 5 rings (SSSR count). The molecule has 1 amide bonds. The molecule has 2 fully saturated rings. The fraction of sp³-hybridized carbons (Fsp3) is 0.444. The molecule has 11 heteroatoms. The predicted octanol–water partition coefficient (Wildman–Crippen LogP) is 1.67. The lowest BCUT2D eigenvalue weighted by molar-refractivity contribution is -0.214. The number of aromatic nitrogens is 3. The van der Waals surface area contributed by atoms with Gasteiger partial charge in [0, 0.05) is 23.4 Å². The molecule has 3 aromatic rings. The molecular formula is C27H33N5O6. The molecule has 0 bridgehead atoms. The van der Waals surface area contributed by atoms with Gasteiger partial charge in [0.05, 0.1) is 12.8 Å². The van der Waals surface area contributed by atoms with Crippen molar-refractivity contribution in [3.05, 3.63) is 60.3 Å². The Morgan fingerprint density at radius 2 is 1.74 bits per heavy atom. The van der Waals surface area contributed by atoms with Gasteiger partial charge in [0.1, 0.15) is 36.4 Å². The summed E-state index contributed by atoms with van der Waals surface area (Å²) in [6.45, 7) is 3.70. The van der Waals surface area contributed by atoms with E-state index in [9.17, 15) is 20.1 Å². The Kier molecular flexibility index (Phi) is 8.30. The molecule has 4 N–H and O–H groups in total. The van der Waals surface area contributed by atoms with Crippen LogP contribution in [0.4, 0.5) is 5.69 Å². The Balaban J connectivity index is 1.13. The SMILES string of the molecule is O=C(Nc1ccc(-c2cn([C@@H]3OC[C@@H](O)[C@H](O)[C@H]3O)nn2)cc1)c1ccc(OCCN2CCCCC2)cc1. The van der Waals surface area contributed by atoms with Gasteiger partial charge in [-0.1, -0.05) is 23.8 Å². The summed E-state index contributed by atoms with van der Waals surface area (Å²) < 4.78 is 12.6. The lowest BCUT2D eigenvalue weighted by atomic mass is 10.0. The van der Waals surface area contributed by atoms with Crippen LogP contribution in [-0.2, 0) is 4.74 Å². The van der Waals surface area contributed by atoms with E-state index in [4.69, 9.17) is 9.47 Å². The van der Waals surface area contributed by atoms with Crippen LogP contribution in [0.2, 0.25) is 0 Å². The Hall–Kier alpha value is -3.35. The second-order valence-corrected chi connectivity index (χ2v) is 9.66. The summed E-state index contributed by atoms with van der Waals surface area (Å²) in [7, 11) is 0. The number of nitrogens with one attached hydrogen (secondary N) is 1. The van der Waals surface area contributed by atoms with Gasteiger partial charge < -0.3 is 30.1 Å². The van der Waals surface area contributed by atoms with Gasteiger partial charge in [0.2, 0.25) is 0 Å². The minimum Gasteiger partial charge on any atom is -0.492 e. The molecule has 0 saturated carbocycles. The summed E-state index contributed by atoms with van der Waals surface area (Å²) >= 11 is 0. The molecule has 1 aromatic heterocycles. The number of anilines is 1. The first-order chi connectivity index (χ1) is 18.5. The van der Waals surface area contributed by atoms with Crippen LogP contribution in [0.3, 0.4) is 0 Å². The van der Waals surface area contributed by atoms with Crippen molar-refractivity contribution in [3.63, 3.8) is 0 Å². The first-order valence-corrected chi connectivity index (χ1v) is 12.9. The molecule has 0 spiro atoms. The molecule has 0 aliphatic carbocycles. The molecule has 2 saturated heterocycles. The van der Waals surface area contributed by atoms with Crippen LogP contribution >= 0.6 is 0 Å². The van der Waals surface area contributed by atoms with E-state index in [0.29, 0.717) is 23.6 Å². The summed E-state index contributed by atoms with van der Waals surface area (Å²) in [5.74, 6) is 0.514. The number of piperidine rings is 1. The minimum atomic E-state index is -1.34. The van der Waals surface area contributed by atoms with Gasteiger partial charge in [0.15, 0.2) is 6.23 Å². The number of hydrogen-bond donors (Lipinski definition) is 4. The van der Waals surface area contributed by atoms with E-state index in [1.54, 1.807) is 42.6 Å². The van der Waals surface area contributed by atoms with Gasteiger partial charge in [-0.05, 0) is 62.3 Å². The Morgan fingerprint density at radius 1 is 1.00 bits per heavy atom. The van der Waals surface area contributed by atoms with Gasteiger partial charge in [0.25, 0.3) is 5.91 Å². The van der Waals surface area contributed by atoms with Crippen molar-refractivity contribution in [1.29, 1.82) is 0 Å². The summed E-state index contributed by atoms with van der Waals surface area (Å²) in [6.07, 6.45) is 0.619. The number of carbonyl (C=O) groups excluding carboxylic acids is 1. The minimum absolute atomic E-state index is 0.124. The first-order valence-electron chi connectivity index (χ1n) is 12.9. The van der Waals surface area contributed by atoms with E-state index in [0.717, 1.165) is 30.9 Å². The topological polar surface area (TPSA) is 142 Å². The van der Waals surface area contributed by atoms with E-state index < -0.39 is 24.5 Å². The van der Waals surface area contributed by atoms with Crippen molar-refractivity contribution in [1.82, 2.24) is 19.9 Å². The third kappa shape index (κ3) is 6.20. The zero-order valence-electron chi connectivity index (χ0n) is 21.0. The Bertz CT molecular complexity index is 1200. The number of nitrogens with zero attached hydrogens (tertiary/aromatic N) is 4. The lowest BCUT2D eigenvalue weighted by Crippen LogP contribution is -2.50. The maximum Gasteiger partial charge on any atom is 0.255 e. The predicted molar refractivity (Wildman–Crippen MR) is 139 cm³/mol. The normalized spacial score (nSPS) is 24.2. The molecule has 38 heavy (non-hydrogen) atoms. The number of aliphatic hydroxyl groups excluding tert-OH is 3. The third-order valence-corrected chi connectivity index (χ3v) is 6.93. The lowest BCUT2D eigenvalue weighted by Gasteiger charge is -2.34. The molecule has 202 valence electrons. The Labute approximate surface area is 220 Å². The van der Waals surface area contributed by atoms with E-state index in [1.165, 1.54) is 23.9 Å². The molecule has 3 heterocycles. The summed E-state index contributed by atoms with van der Waals surface area (Å²) in [5.41, 5.74) is 2.41. The number of rotatable bonds is 8. The van der Waals surface area contributed by atoms with Gasteiger partial charge in [-0.3, -0.25) is 9.69 Å². The quantitative estimate of drug-likeness (QED) is 0.347. The monoisotopic (exact) mass is 523 g/mol. The van der Waals surface area contributed by atoms with Gasteiger partial charge in [-0.25, -0.2) is 4.68 Å². The third-order valence-electron chi connectivity index (χ3n) is 6.93. The van der Waals surface area contributed by atoms with Crippen molar-refractivity contribution in [3.8, 4) is 17.0 Å². The molecule has 2 aromatic carbocycles. The smallest absolute Gasteiger partial charge is 0.255 e. The molecule has 2 aliphatic heterocycles. The van der Waals surface area contributed by atoms with Gasteiger partial charge in [-0.15, -0.1) is 5.10 Å². The van der Waals surface area contributed by atoms with E-state index in [-0.39, 0.29) is 12.5 Å². The number of aliphatic hydroxyl groups is 3. The summed E-state index contributed by atoms with van der Waals surface area (Å²) in [4.78, 5) is 15.1. The van der Waals surface area contributed by atoms with Crippen molar-refractivity contribution in [2.75, 3.05) is 38.2 Å². The maximum atomic E-state index is 12.7. The number of ether oxygens (including phenoxy) is 2. The molecule has 11 nitrogen and oxygen atoms in total. The molecule has 0 radical (unpaired) electrons. The van der Waals surface area contributed by atoms with Crippen LogP contribution in [-0.4, -0.2) is 92.3 Å². The molecule has 0 unspecified atom stereocenters. The van der Waals surface area contributed by atoms with Crippen LogP contribution in [0, 0.1) is 0 Å². The Morgan fingerprint density at radius 3 is 2.47 bits per heavy atom. The van der Waals surface area contributed by atoms with Crippen LogP contribution in [0.5, 0.6) is 5.75 Å². The second kappa shape index (κ2) is 12.0. The second-order valence-electron chi connectivity index (χ2n) is 9.66. The highest BCUT2D eigenvalue weighted by molar-refractivity contribution is 6.04. The fourth-order valence-corrected chi connectivity index (χ4v) is 4.66. The van der Waals surface area contributed by atoms with E-state index >= 15 is 0 Å². The number of carbonyl (C=O) groups is 1. The molecular weight excluding hydrogens is 490 g/mol. The van der Waals surface area contributed by atoms with Gasteiger partial charge >= 0.3 is 0 Å². The zero-order chi connectivity index (χ0) is 26.5. The van der Waals surface area contributed by atoms with Crippen LogP contribution in [0.25, 0.3) is 11.3 Å². The van der Waals surface area contributed by atoms with Crippen LogP contribution in [0.1, 0.15) is 35.8 Å². The molecule has 2 aliphatic rings. The van der Waals surface area contributed by atoms with Crippen LogP contribution < -0.4 is 10.1 Å². The number of hydrogen-bond acceptors (Lipinski definition) is 9. The van der Waals surface area contributed by atoms with E-state index in [2.05, 4.69) is 20.5 Å². The largest absolute Gasteiger partial charge is 0.492 e. The fourth-order valence-electron chi connectivity index (χ4n) is 4.66. The number of amides is 1.